The highest BCUT2D eigenvalue weighted by molar-refractivity contribution is 5.85. The third-order valence-electron chi connectivity index (χ3n) is 0.869. The van der Waals surface area contributed by atoms with E-state index in [0.717, 1.165) is 4.90 Å². The van der Waals surface area contributed by atoms with Gasteiger partial charge in [-0.05, 0) is 0 Å². The average Bonchev–Trinajstić information content (AvgIpc) is 1.63. The zero-order chi connectivity index (χ0) is 7.44. The summed E-state index contributed by atoms with van der Waals surface area (Å²) in [5, 5.41) is 8.32. The second-order valence-electron chi connectivity index (χ2n) is 2.29. The molecule has 3 heteroatoms. The molecular formula is C6H12NO2+. The summed E-state index contributed by atoms with van der Waals surface area (Å²) in [5.41, 5.74) is 0.259. The van der Waals surface area contributed by atoms with E-state index in [1.165, 1.54) is 0 Å². The molecule has 2 N–H and O–H groups in total. The first-order valence-electron chi connectivity index (χ1n) is 2.74. The van der Waals surface area contributed by atoms with Gasteiger partial charge in [0.15, 0.2) is 0 Å². The highest BCUT2D eigenvalue weighted by Gasteiger charge is 2.05. The zero-order valence-electron chi connectivity index (χ0n) is 5.77. The van der Waals surface area contributed by atoms with Crippen molar-refractivity contribution in [3.63, 3.8) is 0 Å². The first kappa shape index (κ1) is 8.17. The van der Waals surface area contributed by atoms with Crippen LogP contribution >= 0.6 is 0 Å². The molecule has 0 rings (SSSR count). The third-order valence-corrected chi connectivity index (χ3v) is 0.869. The SMILES string of the molecule is C=C(C[NH+](C)C)C(=O)O. The van der Waals surface area contributed by atoms with Gasteiger partial charge in [-0.2, -0.15) is 0 Å². The van der Waals surface area contributed by atoms with Crippen LogP contribution in [0.1, 0.15) is 0 Å². The van der Waals surface area contributed by atoms with Gasteiger partial charge in [0.05, 0.1) is 19.7 Å². The summed E-state index contributed by atoms with van der Waals surface area (Å²) in [5.74, 6) is -0.906. The van der Waals surface area contributed by atoms with Gasteiger partial charge in [-0.3, -0.25) is 0 Å². The molecule has 0 unspecified atom stereocenters. The standard InChI is InChI=1S/C6H11NO2/c1-5(6(8)9)4-7(2)3/h1,4H2,2-3H3,(H,8,9)/p+1. The summed E-state index contributed by atoms with van der Waals surface area (Å²) < 4.78 is 0. The number of hydrogen-bond acceptors (Lipinski definition) is 1. The van der Waals surface area contributed by atoms with E-state index in [0.29, 0.717) is 6.54 Å². The van der Waals surface area contributed by atoms with E-state index in [9.17, 15) is 4.79 Å². The molecule has 3 nitrogen and oxygen atoms in total. The van der Waals surface area contributed by atoms with Crippen molar-refractivity contribution < 1.29 is 14.8 Å². The molecule has 0 saturated heterocycles. The van der Waals surface area contributed by atoms with Crippen LogP contribution in [0.5, 0.6) is 0 Å². The van der Waals surface area contributed by atoms with Crippen LogP contribution in [-0.2, 0) is 4.79 Å². The monoisotopic (exact) mass is 130 g/mol. The van der Waals surface area contributed by atoms with Crippen LogP contribution in [0, 0.1) is 0 Å². The molecular weight excluding hydrogens is 118 g/mol. The maximum atomic E-state index is 10.1. The van der Waals surface area contributed by atoms with Gasteiger partial charge in [0, 0.05) is 0 Å². The quantitative estimate of drug-likeness (QED) is 0.470. The summed E-state index contributed by atoms with van der Waals surface area (Å²) in [4.78, 5) is 11.2. The Hall–Kier alpha value is -0.830. The Balaban J connectivity index is 3.65. The van der Waals surface area contributed by atoms with Gasteiger partial charge in [-0.1, -0.05) is 6.58 Å². The molecule has 0 aromatic rings. The molecule has 0 bridgehead atoms. The molecule has 9 heavy (non-hydrogen) atoms. The predicted molar refractivity (Wildman–Crippen MR) is 34.5 cm³/mol. The van der Waals surface area contributed by atoms with E-state index in [4.69, 9.17) is 5.11 Å². The van der Waals surface area contributed by atoms with Crippen LogP contribution in [0.15, 0.2) is 12.2 Å². The minimum absolute atomic E-state index is 0.259. The number of carboxylic acids is 1. The lowest BCUT2D eigenvalue weighted by molar-refractivity contribution is -0.852. The smallest absolute Gasteiger partial charge is 0.336 e. The second kappa shape index (κ2) is 3.25. The van der Waals surface area contributed by atoms with Crippen molar-refractivity contribution in [1.82, 2.24) is 0 Å². The molecule has 0 radical (unpaired) electrons. The van der Waals surface area contributed by atoms with Crippen LogP contribution in [0.3, 0.4) is 0 Å². The topological polar surface area (TPSA) is 41.7 Å². The average molecular weight is 130 g/mol. The van der Waals surface area contributed by atoms with E-state index in [2.05, 4.69) is 6.58 Å². The molecule has 0 aromatic heterocycles. The Kier molecular flexibility index (Phi) is 2.95. The van der Waals surface area contributed by atoms with Crippen LogP contribution in [0.25, 0.3) is 0 Å². The summed E-state index contributed by atoms with van der Waals surface area (Å²) >= 11 is 0. The number of quaternary nitrogens is 1. The van der Waals surface area contributed by atoms with Gasteiger partial charge in [0.25, 0.3) is 0 Å². The van der Waals surface area contributed by atoms with E-state index in [1.54, 1.807) is 0 Å². The fourth-order valence-electron chi connectivity index (χ4n) is 0.502. The molecule has 0 fully saturated rings. The summed E-state index contributed by atoms with van der Waals surface area (Å²) in [6, 6.07) is 0. The third kappa shape index (κ3) is 3.73. The molecule has 0 aromatic carbocycles. The summed E-state index contributed by atoms with van der Waals surface area (Å²) in [6.45, 7) is 3.87. The number of hydrogen-bond donors (Lipinski definition) is 2. The van der Waals surface area contributed by atoms with Crippen molar-refractivity contribution in [2.24, 2.45) is 0 Å². The molecule has 0 aliphatic heterocycles. The van der Waals surface area contributed by atoms with Crippen molar-refractivity contribution in [2.45, 2.75) is 0 Å². The summed E-state index contributed by atoms with van der Waals surface area (Å²) in [7, 11) is 3.77. The maximum Gasteiger partial charge on any atom is 0.336 e. The number of carboxylic acid groups (broad SMARTS) is 1. The van der Waals surface area contributed by atoms with Crippen LogP contribution in [-0.4, -0.2) is 31.7 Å². The molecule has 0 heterocycles. The van der Waals surface area contributed by atoms with Crippen molar-refractivity contribution in [1.29, 1.82) is 0 Å². The van der Waals surface area contributed by atoms with Crippen LogP contribution in [0.2, 0.25) is 0 Å². The van der Waals surface area contributed by atoms with E-state index in [-0.39, 0.29) is 5.57 Å². The summed E-state index contributed by atoms with van der Waals surface area (Å²) in [6.07, 6.45) is 0. The first-order valence-corrected chi connectivity index (χ1v) is 2.74. The fraction of sp³-hybridized carbons (Fsp3) is 0.500. The number of rotatable bonds is 3. The molecule has 0 saturated carbocycles. The van der Waals surface area contributed by atoms with Gasteiger partial charge >= 0.3 is 5.97 Å². The van der Waals surface area contributed by atoms with Crippen molar-refractivity contribution in [3.05, 3.63) is 12.2 Å². The van der Waals surface area contributed by atoms with E-state index < -0.39 is 5.97 Å². The highest BCUT2D eigenvalue weighted by atomic mass is 16.4. The Bertz CT molecular complexity index is 129. The minimum atomic E-state index is -0.906. The predicted octanol–water partition coefficient (Wildman–Crippen LogP) is -1.23. The van der Waals surface area contributed by atoms with Crippen molar-refractivity contribution in [2.75, 3.05) is 20.6 Å². The fourth-order valence-corrected chi connectivity index (χ4v) is 0.502. The lowest BCUT2D eigenvalue weighted by Gasteiger charge is -2.04. The Morgan fingerprint density at radius 3 is 2.22 bits per heavy atom. The van der Waals surface area contributed by atoms with Gasteiger partial charge in [-0.15, -0.1) is 0 Å². The van der Waals surface area contributed by atoms with Gasteiger partial charge in [0.2, 0.25) is 0 Å². The minimum Gasteiger partial charge on any atom is -0.478 e. The maximum absolute atomic E-state index is 10.1. The van der Waals surface area contributed by atoms with Crippen molar-refractivity contribution in [3.8, 4) is 0 Å². The Morgan fingerprint density at radius 2 is 2.11 bits per heavy atom. The van der Waals surface area contributed by atoms with Gasteiger partial charge in [-0.25, -0.2) is 4.79 Å². The van der Waals surface area contributed by atoms with Gasteiger partial charge < -0.3 is 10.0 Å². The lowest BCUT2D eigenvalue weighted by Crippen LogP contribution is -3.06. The van der Waals surface area contributed by atoms with Crippen molar-refractivity contribution >= 4 is 5.97 Å². The largest absolute Gasteiger partial charge is 0.478 e. The van der Waals surface area contributed by atoms with Gasteiger partial charge in [0.1, 0.15) is 6.54 Å². The molecule has 52 valence electrons. The van der Waals surface area contributed by atoms with Crippen LogP contribution < -0.4 is 4.90 Å². The second-order valence-corrected chi connectivity index (χ2v) is 2.29. The normalized spacial score (nSPS) is 9.67. The number of nitrogens with one attached hydrogen (secondary N) is 1. The highest BCUT2D eigenvalue weighted by Crippen LogP contribution is 1.81. The Morgan fingerprint density at radius 1 is 1.67 bits per heavy atom. The Labute approximate surface area is 54.6 Å². The molecule has 0 amide bonds. The number of aliphatic carboxylic acids is 1. The number of likely N-dealkylation sites (N-methyl/N-ethyl adjacent to an activating group) is 1. The number of carbonyl (C=O) groups is 1. The molecule has 0 spiro atoms. The van der Waals surface area contributed by atoms with Crippen LogP contribution in [0.4, 0.5) is 0 Å². The zero-order valence-corrected chi connectivity index (χ0v) is 5.77. The first-order chi connectivity index (χ1) is 4.04. The van der Waals surface area contributed by atoms with E-state index in [1.807, 2.05) is 14.1 Å². The van der Waals surface area contributed by atoms with E-state index >= 15 is 0 Å². The lowest BCUT2D eigenvalue weighted by atomic mass is 10.3. The molecule has 0 aliphatic carbocycles. The molecule has 0 atom stereocenters. The molecule has 0 aliphatic rings.